The molecule has 2 atom stereocenters. The summed E-state index contributed by atoms with van der Waals surface area (Å²) in [4.78, 5) is 24.4. The number of Topliss-reactive ketones (excluding diaryl/α,β-unsaturated/α-hetero) is 1. The molecule has 0 spiro atoms. The molecule has 1 aliphatic rings. The number of ether oxygens (including phenoxy) is 3. The van der Waals surface area contributed by atoms with E-state index < -0.39 is 16.9 Å². The first-order valence-corrected chi connectivity index (χ1v) is 10.5. The molecule has 0 saturated carbocycles. The van der Waals surface area contributed by atoms with Crippen LogP contribution in [0.2, 0.25) is 0 Å². The van der Waals surface area contributed by atoms with Crippen LogP contribution < -0.4 is 9.47 Å². The number of ketones is 1. The minimum atomic E-state index is -0.742. The van der Waals surface area contributed by atoms with Gasteiger partial charge in [0.25, 0.3) is 0 Å². The number of alkyl halides is 1. The van der Waals surface area contributed by atoms with Crippen molar-refractivity contribution in [1.29, 1.82) is 0 Å². The Balaban J connectivity index is 1.62. The minimum Gasteiger partial charge on any atom is -0.489 e. The summed E-state index contributed by atoms with van der Waals surface area (Å²) in [5.41, 5.74) is 2.83. The van der Waals surface area contributed by atoms with Gasteiger partial charge in [0.2, 0.25) is 0 Å². The highest BCUT2D eigenvalue weighted by Gasteiger charge is 2.38. The molecule has 0 aromatic heterocycles. The first-order valence-electron chi connectivity index (χ1n) is 10.1. The Morgan fingerprint density at radius 2 is 1.93 bits per heavy atom. The Labute approximate surface area is 182 Å². The molecule has 0 aliphatic carbocycles. The zero-order valence-corrected chi connectivity index (χ0v) is 18.5. The monoisotopic (exact) mass is 430 g/mol. The van der Waals surface area contributed by atoms with E-state index in [9.17, 15) is 9.59 Å². The number of carbonyl (C=O) groups excluding carboxylic acids is 2. The summed E-state index contributed by atoms with van der Waals surface area (Å²) in [7, 11) is 0. The van der Waals surface area contributed by atoms with Crippen LogP contribution in [0.5, 0.6) is 11.5 Å². The first kappa shape index (κ1) is 22.2. The fourth-order valence-electron chi connectivity index (χ4n) is 3.66. The van der Waals surface area contributed by atoms with E-state index >= 15 is 0 Å². The number of carbonyl (C=O) groups is 2. The second-order valence-corrected chi connectivity index (χ2v) is 8.49. The lowest BCUT2D eigenvalue weighted by Gasteiger charge is -2.35. The van der Waals surface area contributed by atoms with Gasteiger partial charge >= 0.3 is 5.97 Å². The number of esters is 1. The van der Waals surface area contributed by atoms with Gasteiger partial charge in [0.1, 0.15) is 29.1 Å². The molecule has 3 rings (SSSR count). The lowest BCUT2D eigenvalue weighted by Crippen LogP contribution is -2.44. The highest BCUT2D eigenvalue weighted by molar-refractivity contribution is 6.30. The van der Waals surface area contributed by atoms with Crippen LogP contribution in [-0.2, 0) is 16.0 Å². The fourth-order valence-corrected chi connectivity index (χ4v) is 3.90. The topological polar surface area (TPSA) is 61.8 Å². The second-order valence-electron chi connectivity index (χ2n) is 7.96. The average Bonchev–Trinajstić information content (AvgIpc) is 2.66. The standard InChI is InChI=1S/C24H27ClO5/c1-5-28-23(27)19(25)12-17-6-8-18(9-7-17)29-14-24(4)13-20(26)22-16(3)10-15(2)11-21(22)30-24/h6-11,19H,5,12-14H2,1-4H3. The lowest BCUT2D eigenvalue weighted by molar-refractivity contribution is -0.142. The van der Waals surface area contributed by atoms with Crippen molar-refractivity contribution in [2.75, 3.05) is 13.2 Å². The smallest absolute Gasteiger partial charge is 0.324 e. The Morgan fingerprint density at radius 1 is 1.23 bits per heavy atom. The maximum atomic E-state index is 12.7. The van der Waals surface area contributed by atoms with E-state index in [0.29, 0.717) is 30.1 Å². The van der Waals surface area contributed by atoms with Crippen LogP contribution in [-0.4, -0.2) is 35.9 Å². The van der Waals surface area contributed by atoms with Gasteiger partial charge in [-0.2, -0.15) is 0 Å². The van der Waals surface area contributed by atoms with E-state index in [-0.39, 0.29) is 18.8 Å². The summed E-state index contributed by atoms with van der Waals surface area (Å²) in [5.74, 6) is 0.932. The zero-order valence-electron chi connectivity index (χ0n) is 17.8. The second kappa shape index (κ2) is 9.09. The Kier molecular flexibility index (Phi) is 6.71. The van der Waals surface area contributed by atoms with Gasteiger partial charge in [-0.1, -0.05) is 18.2 Å². The van der Waals surface area contributed by atoms with E-state index in [1.54, 1.807) is 6.92 Å². The quantitative estimate of drug-likeness (QED) is 0.465. The largest absolute Gasteiger partial charge is 0.489 e. The van der Waals surface area contributed by atoms with Crippen LogP contribution in [0.3, 0.4) is 0 Å². The van der Waals surface area contributed by atoms with Crippen molar-refractivity contribution in [3.8, 4) is 11.5 Å². The minimum absolute atomic E-state index is 0.0716. The predicted octanol–water partition coefficient (Wildman–Crippen LogP) is 4.82. The molecular formula is C24H27ClO5. The van der Waals surface area contributed by atoms with Crippen molar-refractivity contribution in [3.05, 3.63) is 58.7 Å². The van der Waals surface area contributed by atoms with Crippen LogP contribution >= 0.6 is 11.6 Å². The first-order chi connectivity index (χ1) is 14.2. The normalized spacial score (nSPS) is 18.9. The number of benzene rings is 2. The molecule has 30 heavy (non-hydrogen) atoms. The average molecular weight is 431 g/mol. The molecule has 0 fully saturated rings. The molecule has 0 bridgehead atoms. The molecule has 160 valence electrons. The third-order valence-corrected chi connectivity index (χ3v) is 5.37. The third kappa shape index (κ3) is 5.14. The van der Waals surface area contributed by atoms with Gasteiger partial charge in [-0.15, -0.1) is 11.6 Å². The summed E-state index contributed by atoms with van der Waals surface area (Å²) < 4.78 is 17.0. The molecule has 0 amide bonds. The molecular weight excluding hydrogens is 404 g/mol. The van der Waals surface area contributed by atoms with Crippen LogP contribution in [0.1, 0.15) is 47.3 Å². The molecule has 1 aliphatic heterocycles. The van der Waals surface area contributed by atoms with Gasteiger partial charge in [-0.3, -0.25) is 9.59 Å². The van der Waals surface area contributed by atoms with Crippen molar-refractivity contribution in [2.24, 2.45) is 0 Å². The van der Waals surface area contributed by atoms with Crippen LogP contribution in [0, 0.1) is 13.8 Å². The molecule has 2 aromatic rings. The van der Waals surface area contributed by atoms with Crippen molar-refractivity contribution < 1.29 is 23.8 Å². The molecule has 5 nitrogen and oxygen atoms in total. The number of hydrogen-bond donors (Lipinski definition) is 0. The molecule has 0 radical (unpaired) electrons. The Bertz CT molecular complexity index is 937. The van der Waals surface area contributed by atoms with Gasteiger partial charge < -0.3 is 14.2 Å². The molecule has 0 N–H and O–H groups in total. The maximum Gasteiger partial charge on any atom is 0.324 e. The van der Waals surface area contributed by atoms with Gasteiger partial charge in [-0.05, 0) is 69.0 Å². The fraction of sp³-hybridized carbons (Fsp3) is 0.417. The summed E-state index contributed by atoms with van der Waals surface area (Å²) in [5, 5.41) is -0.718. The number of rotatable bonds is 7. The van der Waals surface area contributed by atoms with Crippen LogP contribution in [0.25, 0.3) is 0 Å². The van der Waals surface area contributed by atoms with Crippen molar-refractivity contribution in [1.82, 2.24) is 0 Å². The van der Waals surface area contributed by atoms with E-state index in [1.807, 2.05) is 57.2 Å². The van der Waals surface area contributed by atoms with Gasteiger partial charge in [0, 0.05) is 0 Å². The number of aryl methyl sites for hydroxylation is 2. The Morgan fingerprint density at radius 3 is 2.60 bits per heavy atom. The Hall–Kier alpha value is -2.53. The van der Waals surface area contributed by atoms with Crippen molar-refractivity contribution >= 4 is 23.4 Å². The van der Waals surface area contributed by atoms with Crippen LogP contribution in [0.15, 0.2) is 36.4 Å². The van der Waals surface area contributed by atoms with Gasteiger partial charge in [0.15, 0.2) is 5.78 Å². The van der Waals surface area contributed by atoms with Crippen molar-refractivity contribution in [3.63, 3.8) is 0 Å². The number of fused-ring (bicyclic) bond motifs is 1. The van der Waals surface area contributed by atoms with Crippen LogP contribution in [0.4, 0.5) is 0 Å². The van der Waals surface area contributed by atoms with E-state index in [4.69, 9.17) is 25.8 Å². The van der Waals surface area contributed by atoms with E-state index in [0.717, 1.165) is 16.7 Å². The molecule has 1 heterocycles. The number of hydrogen-bond acceptors (Lipinski definition) is 5. The molecule has 6 heteroatoms. The summed E-state index contributed by atoms with van der Waals surface area (Å²) >= 11 is 6.09. The number of halogens is 1. The highest BCUT2D eigenvalue weighted by Crippen LogP contribution is 2.36. The molecule has 0 saturated heterocycles. The summed E-state index contributed by atoms with van der Waals surface area (Å²) in [6.07, 6.45) is 0.640. The predicted molar refractivity (Wildman–Crippen MR) is 116 cm³/mol. The SMILES string of the molecule is CCOC(=O)C(Cl)Cc1ccc(OCC2(C)CC(=O)c3c(C)cc(C)cc3O2)cc1. The van der Waals surface area contributed by atoms with Crippen molar-refractivity contribution in [2.45, 2.75) is 51.5 Å². The van der Waals surface area contributed by atoms with E-state index in [2.05, 4.69) is 0 Å². The summed E-state index contributed by atoms with van der Waals surface area (Å²) in [6, 6.07) is 11.3. The van der Waals surface area contributed by atoms with Gasteiger partial charge in [0.05, 0.1) is 18.6 Å². The molecule has 2 aromatic carbocycles. The lowest BCUT2D eigenvalue weighted by atomic mass is 9.89. The third-order valence-electron chi connectivity index (χ3n) is 5.04. The summed E-state index contributed by atoms with van der Waals surface area (Å²) in [6.45, 7) is 8.10. The molecule has 2 unspecified atom stereocenters. The zero-order chi connectivity index (χ0) is 21.9. The van der Waals surface area contributed by atoms with Gasteiger partial charge in [-0.25, -0.2) is 0 Å². The highest BCUT2D eigenvalue weighted by atomic mass is 35.5. The van der Waals surface area contributed by atoms with E-state index in [1.165, 1.54) is 0 Å². The maximum absolute atomic E-state index is 12.7.